The van der Waals surface area contributed by atoms with E-state index >= 15 is 0 Å². The van der Waals surface area contributed by atoms with E-state index in [9.17, 15) is 4.79 Å². The van der Waals surface area contributed by atoms with E-state index in [0.717, 1.165) is 5.56 Å². The molecule has 19 heavy (non-hydrogen) atoms. The summed E-state index contributed by atoms with van der Waals surface area (Å²) in [4.78, 5) is 11.6. The van der Waals surface area contributed by atoms with E-state index in [-0.39, 0.29) is 5.41 Å². The molecule has 0 unspecified atom stereocenters. The quantitative estimate of drug-likeness (QED) is 0.549. The molecule has 0 aliphatic carbocycles. The number of ether oxygens (including phenoxy) is 2. The lowest BCUT2D eigenvalue weighted by molar-refractivity contribution is 0.0205. The highest BCUT2D eigenvalue weighted by atomic mass is 16.7. The minimum Gasteiger partial charge on any atom is -0.428 e. The van der Waals surface area contributed by atoms with Gasteiger partial charge in [0.2, 0.25) is 0 Å². The molecule has 0 saturated carbocycles. The first-order valence-corrected chi connectivity index (χ1v) is 6.51. The van der Waals surface area contributed by atoms with Crippen molar-refractivity contribution in [1.29, 1.82) is 0 Å². The molecule has 1 rings (SSSR count). The molecule has 0 atom stereocenters. The van der Waals surface area contributed by atoms with Gasteiger partial charge in [0, 0.05) is 0 Å². The lowest BCUT2D eigenvalue weighted by Gasteiger charge is -2.21. The van der Waals surface area contributed by atoms with Crippen LogP contribution in [0.15, 0.2) is 18.2 Å². The van der Waals surface area contributed by atoms with Crippen LogP contribution in [0.5, 0.6) is 5.75 Å². The SMILES string of the molecule is Cc1cc(C(C)(C)C)ccc1OC(=O)OC(C)(C)C. The van der Waals surface area contributed by atoms with Crippen LogP contribution < -0.4 is 4.74 Å². The fourth-order valence-corrected chi connectivity index (χ4v) is 1.59. The van der Waals surface area contributed by atoms with Gasteiger partial charge in [0.1, 0.15) is 11.4 Å². The van der Waals surface area contributed by atoms with Crippen LogP contribution in [0.3, 0.4) is 0 Å². The number of rotatable bonds is 1. The molecule has 0 amide bonds. The molecular formula is C16H24O3. The third-order valence-electron chi connectivity index (χ3n) is 2.62. The molecule has 0 aliphatic heterocycles. The Bertz CT molecular complexity index is 462. The van der Waals surface area contributed by atoms with Crippen molar-refractivity contribution < 1.29 is 14.3 Å². The Morgan fingerprint density at radius 2 is 1.63 bits per heavy atom. The number of aryl methyl sites for hydroxylation is 1. The van der Waals surface area contributed by atoms with Crippen molar-refractivity contribution in [1.82, 2.24) is 0 Å². The molecule has 0 spiro atoms. The normalized spacial score (nSPS) is 12.2. The standard InChI is InChI=1S/C16H24O3/c1-11-10-12(15(2,3)4)8-9-13(11)18-14(17)19-16(5,6)7/h8-10H,1-7H3. The fraction of sp³-hybridized carbons (Fsp3) is 0.562. The van der Waals surface area contributed by atoms with Crippen LogP contribution in [0, 0.1) is 6.92 Å². The molecule has 0 saturated heterocycles. The Labute approximate surface area is 115 Å². The predicted molar refractivity (Wildman–Crippen MR) is 76.7 cm³/mol. The topological polar surface area (TPSA) is 35.5 Å². The maximum absolute atomic E-state index is 11.6. The average Bonchev–Trinajstić information content (AvgIpc) is 2.16. The molecule has 0 N–H and O–H groups in total. The number of hydrogen-bond donors (Lipinski definition) is 0. The van der Waals surface area contributed by atoms with Gasteiger partial charge < -0.3 is 9.47 Å². The van der Waals surface area contributed by atoms with E-state index < -0.39 is 11.8 Å². The zero-order chi connectivity index (χ0) is 14.8. The summed E-state index contributed by atoms with van der Waals surface area (Å²) in [7, 11) is 0. The first-order valence-electron chi connectivity index (χ1n) is 6.51. The predicted octanol–water partition coefficient (Wildman–Crippen LogP) is 4.61. The number of carbonyl (C=O) groups is 1. The van der Waals surface area contributed by atoms with Crippen LogP contribution >= 0.6 is 0 Å². The van der Waals surface area contributed by atoms with Gasteiger partial charge in [-0.05, 0) is 50.3 Å². The van der Waals surface area contributed by atoms with Crippen molar-refractivity contribution in [3.8, 4) is 5.75 Å². The van der Waals surface area contributed by atoms with Crippen LogP contribution in [0.25, 0.3) is 0 Å². The first kappa shape index (κ1) is 15.5. The summed E-state index contributed by atoms with van der Waals surface area (Å²) in [5, 5.41) is 0. The van der Waals surface area contributed by atoms with Gasteiger partial charge in [-0.2, -0.15) is 0 Å². The molecule has 0 aliphatic rings. The van der Waals surface area contributed by atoms with E-state index in [1.165, 1.54) is 5.56 Å². The number of hydrogen-bond acceptors (Lipinski definition) is 3. The van der Waals surface area contributed by atoms with Gasteiger partial charge in [-0.25, -0.2) is 4.79 Å². The summed E-state index contributed by atoms with van der Waals surface area (Å²) in [5.74, 6) is 0.544. The third-order valence-corrected chi connectivity index (χ3v) is 2.62. The molecule has 0 heterocycles. The molecule has 1 aromatic carbocycles. The second-order valence-electron chi connectivity index (χ2n) is 6.80. The van der Waals surface area contributed by atoms with Crippen molar-refractivity contribution >= 4 is 6.16 Å². The van der Waals surface area contributed by atoms with Crippen molar-refractivity contribution in [2.24, 2.45) is 0 Å². The summed E-state index contributed by atoms with van der Waals surface area (Å²) in [6.07, 6.45) is -0.667. The first-order chi connectivity index (χ1) is 8.49. The second kappa shape index (κ2) is 5.24. The molecule has 3 heteroatoms. The zero-order valence-electron chi connectivity index (χ0n) is 13.0. The van der Waals surface area contributed by atoms with Crippen LogP contribution in [0.4, 0.5) is 4.79 Å². The third kappa shape index (κ3) is 4.93. The van der Waals surface area contributed by atoms with Gasteiger partial charge in [-0.1, -0.05) is 32.9 Å². The zero-order valence-corrected chi connectivity index (χ0v) is 13.0. The second-order valence-corrected chi connectivity index (χ2v) is 6.80. The Kier molecular flexibility index (Phi) is 4.28. The van der Waals surface area contributed by atoms with Crippen LogP contribution in [-0.2, 0) is 10.2 Å². The van der Waals surface area contributed by atoms with Crippen LogP contribution in [0.2, 0.25) is 0 Å². The van der Waals surface area contributed by atoms with Crippen LogP contribution in [0.1, 0.15) is 52.7 Å². The van der Waals surface area contributed by atoms with Crippen LogP contribution in [-0.4, -0.2) is 11.8 Å². The minimum absolute atomic E-state index is 0.0786. The van der Waals surface area contributed by atoms with Gasteiger partial charge in [-0.15, -0.1) is 0 Å². The summed E-state index contributed by atoms with van der Waals surface area (Å²) in [5.41, 5.74) is 1.67. The van der Waals surface area contributed by atoms with Crippen molar-refractivity contribution in [3.63, 3.8) is 0 Å². The molecule has 0 aromatic heterocycles. The molecule has 0 radical (unpaired) electrons. The van der Waals surface area contributed by atoms with Crippen molar-refractivity contribution in [2.75, 3.05) is 0 Å². The van der Waals surface area contributed by atoms with E-state index in [4.69, 9.17) is 9.47 Å². The molecule has 0 bridgehead atoms. The van der Waals surface area contributed by atoms with E-state index in [0.29, 0.717) is 5.75 Å². The van der Waals surface area contributed by atoms with Gasteiger partial charge in [0.25, 0.3) is 0 Å². The maximum atomic E-state index is 11.6. The van der Waals surface area contributed by atoms with E-state index in [1.807, 2.05) is 45.9 Å². The Balaban J connectivity index is 2.84. The van der Waals surface area contributed by atoms with Crippen molar-refractivity contribution in [2.45, 2.75) is 59.5 Å². The van der Waals surface area contributed by atoms with E-state index in [2.05, 4.69) is 20.8 Å². The maximum Gasteiger partial charge on any atom is 0.514 e. The smallest absolute Gasteiger partial charge is 0.428 e. The average molecular weight is 264 g/mol. The summed E-state index contributed by atoms with van der Waals surface area (Å²) < 4.78 is 10.4. The molecule has 106 valence electrons. The molecule has 0 fully saturated rings. The molecular weight excluding hydrogens is 240 g/mol. The highest BCUT2D eigenvalue weighted by Crippen LogP contribution is 2.27. The Morgan fingerprint density at radius 3 is 2.05 bits per heavy atom. The molecule has 3 nitrogen and oxygen atoms in total. The van der Waals surface area contributed by atoms with Gasteiger partial charge in [-0.3, -0.25) is 0 Å². The Hall–Kier alpha value is -1.51. The number of benzene rings is 1. The monoisotopic (exact) mass is 264 g/mol. The highest BCUT2D eigenvalue weighted by Gasteiger charge is 2.20. The summed E-state index contributed by atoms with van der Waals surface area (Å²) in [6.45, 7) is 13.8. The van der Waals surface area contributed by atoms with Gasteiger partial charge in [0.15, 0.2) is 0 Å². The summed E-state index contributed by atoms with van der Waals surface area (Å²) in [6, 6.07) is 5.84. The highest BCUT2D eigenvalue weighted by molar-refractivity contribution is 5.65. The largest absolute Gasteiger partial charge is 0.514 e. The fourth-order valence-electron chi connectivity index (χ4n) is 1.59. The van der Waals surface area contributed by atoms with Gasteiger partial charge >= 0.3 is 6.16 Å². The lowest BCUT2D eigenvalue weighted by atomic mass is 9.86. The Morgan fingerprint density at radius 1 is 1.05 bits per heavy atom. The van der Waals surface area contributed by atoms with Crippen molar-refractivity contribution in [3.05, 3.63) is 29.3 Å². The summed E-state index contributed by atoms with van der Waals surface area (Å²) >= 11 is 0. The van der Waals surface area contributed by atoms with Gasteiger partial charge in [0.05, 0.1) is 0 Å². The minimum atomic E-state index is -0.667. The lowest BCUT2D eigenvalue weighted by Crippen LogP contribution is -2.26. The number of carbonyl (C=O) groups excluding carboxylic acids is 1. The molecule has 1 aromatic rings. The van der Waals surface area contributed by atoms with E-state index in [1.54, 1.807) is 0 Å².